The van der Waals surface area contributed by atoms with Gasteiger partial charge in [0.25, 0.3) is 0 Å². The number of hydrogen-bond donors (Lipinski definition) is 3. The van der Waals surface area contributed by atoms with Crippen LogP contribution in [0.5, 0.6) is 0 Å². The quantitative estimate of drug-likeness (QED) is 0.213. The van der Waals surface area contributed by atoms with Crippen LogP contribution in [0.2, 0.25) is 0 Å². The van der Waals surface area contributed by atoms with Gasteiger partial charge in [-0.3, -0.25) is 24.8 Å². The Hall–Kier alpha value is -5.11. The van der Waals surface area contributed by atoms with Crippen LogP contribution in [-0.4, -0.2) is 61.5 Å². The minimum Gasteiger partial charge on any atom is -0.336 e. The lowest BCUT2D eigenvalue weighted by atomic mass is 10.0. The predicted octanol–water partition coefficient (Wildman–Crippen LogP) is 5.09. The van der Waals surface area contributed by atoms with Crippen LogP contribution >= 0.6 is 0 Å². The first kappa shape index (κ1) is 29.0. The lowest BCUT2D eigenvalue weighted by Crippen LogP contribution is -2.17. The van der Waals surface area contributed by atoms with E-state index in [0.717, 1.165) is 6.26 Å². The van der Waals surface area contributed by atoms with E-state index in [4.69, 9.17) is 0 Å². The van der Waals surface area contributed by atoms with Gasteiger partial charge in [0.05, 0.1) is 45.9 Å². The number of amides is 1. The number of nitrogens with zero attached hydrogens (tertiary/aromatic N) is 5. The smallest absolute Gasteiger partial charge is 0.226 e. The number of fused-ring (bicyclic) bond motifs is 2. The average molecular weight is 617 g/mol. The molecule has 1 amide bonds. The molecule has 6 aromatic rings. The summed E-state index contributed by atoms with van der Waals surface area (Å²) >= 11 is 0. The number of benzene rings is 1. The second-order valence-electron chi connectivity index (χ2n) is 10.8. The van der Waals surface area contributed by atoms with Crippen molar-refractivity contribution >= 4 is 43.4 Å². The first-order chi connectivity index (χ1) is 21.0. The van der Waals surface area contributed by atoms with Crippen LogP contribution in [-0.2, 0) is 21.1 Å². The van der Waals surface area contributed by atoms with Crippen molar-refractivity contribution in [1.29, 1.82) is 0 Å². The second kappa shape index (κ2) is 11.2. The standard InChI is InChI=1S/C30H26F2N8O3S/c1-15(2)30(41)36-20-11-18(12-33-13-20)25-24(32)23-22(14-35-25)39-40-28(23)29-37-21-4-6-34-26(27(21)38-29)17-8-16(9-19(31)10-17)5-7-44(3,42)43/h4,6,8-15H,5,7H2,1-3H3,(H,36,41)(H,37,38)(H,39,40). The van der Waals surface area contributed by atoms with E-state index in [1.54, 1.807) is 32.0 Å². The fourth-order valence-corrected chi connectivity index (χ4v) is 5.37. The number of nitrogens with one attached hydrogen (secondary N) is 3. The SMILES string of the molecule is CC(C)C(=O)Nc1cncc(-c2ncc3[nH]nc(-c4nc5c(-c6cc(F)cc(CCS(C)(=O)=O)c6)nccc5[nH]4)c3c2F)c1. The number of anilines is 1. The molecule has 1 aromatic carbocycles. The highest BCUT2D eigenvalue weighted by molar-refractivity contribution is 7.90. The van der Waals surface area contributed by atoms with E-state index in [-0.39, 0.29) is 46.6 Å². The number of carbonyl (C=O) groups excluding carboxylic acids is 1. The molecular weight excluding hydrogens is 590 g/mol. The van der Waals surface area contributed by atoms with Crippen molar-refractivity contribution in [2.24, 2.45) is 5.92 Å². The lowest BCUT2D eigenvalue weighted by Gasteiger charge is -2.09. The van der Waals surface area contributed by atoms with E-state index in [1.165, 1.54) is 36.9 Å². The Morgan fingerprint density at radius 1 is 0.977 bits per heavy atom. The largest absolute Gasteiger partial charge is 0.336 e. The van der Waals surface area contributed by atoms with Gasteiger partial charge >= 0.3 is 0 Å². The van der Waals surface area contributed by atoms with Gasteiger partial charge in [0.2, 0.25) is 5.91 Å². The third kappa shape index (κ3) is 5.75. The highest BCUT2D eigenvalue weighted by atomic mass is 32.2. The first-order valence-electron chi connectivity index (χ1n) is 13.6. The molecule has 0 radical (unpaired) electrons. The zero-order valence-electron chi connectivity index (χ0n) is 23.8. The Morgan fingerprint density at radius 2 is 1.80 bits per heavy atom. The molecule has 3 N–H and O–H groups in total. The maximum atomic E-state index is 16.1. The molecule has 0 saturated heterocycles. The van der Waals surface area contributed by atoms with Crippen LogP contribution in [0, 0.1) is 17.6 Å². The monoisotopic (exact) mass is 616 g/mol. The average Bonchev–Trinajstić information content (AvgIpc) is 3.60. The van der Waals surface area contributed by atoms with Crippen molar-refractivity contribution in [3.05, 3.63) is 72.3 Å². The molecule has 6 rings (SSSR count). The fraction of sp³-hybridized carbons (Fsp3) is 0.200. The molecule has 0 aliphatic carbocycles. The number of H-pyrrole nitrogens is 2. The van der Waals surface area contributed by atoms with Crippen molar-refractivity contribution in [3.63, 3.8) is 0 Å². The number of hydrogen-bond acceptors (Lipinski definition) is 8. The van der Waals surface area contributed by atoms with Crippen molar-refractivity contribution < 1.29 is 22.0 Å². The van der Waals surface area contributed by atoms with Crippen LogP contribution in [0.4, 0.5) is 14.5 Å². The van der Waals surface area contributed by atoms with Gasteiger partial charge in [-0.15, -0.1) is 0 Å². The van der Waals surface area contributed by atoms with Crippen molar-refractivity contribution in [3.8, 4) is 34.0 Å². The minimum absolute atomic E-state index is 0.00754. The maximum absolute atomic E-state index is 16.1. The molecule has 0 aliphatic rings. The fourth-order valence-electron chi connectivity index (χ4n) is 4.77. The molecule has 0 spiro atoms. The van der Waals surface area contributed by atoms with Crippen LogP contribution in [0.1, 0.15) is 19.4 Å². The molecule has 44 heavy (non-hydrogen) atoms. The molecule has 0 atom stereocenters. The number of sulfone groups is 1. The highest BCUT2D eigenvalue weighted by Gasteiger charge is 2.22. The van der Waals surface area contributed by atoms with E-state index in [9.17, 15) is 17.6 Å². The number of aromatic nitrogens is 7. The Kier molecular flexibility index (Phi) is 7.37. The van der Waals surface area contributed by atoms with E-state index in [1.807, 2.05) is 0 Å². The molecule has 0 fully saturated rings. The van der Waals surface area contributed by atoms with E-state index < -0.39 is 21.5 Å². The summed E-state index contributed by atoms with van der Waals surface area (Å²) in [6, 6.07) is 7.54. The summed E-state index contributed by atoms with van der Waals surface area (Å²) in [5.74, 6) is -1.54. The van der Waals surface area contributed by atoms with Gasteiger partial charge < -0.3 is 10.3 Å². The molecule has 0 bridgehead atoms. The van der Waals surface area contributed by atoms with E-state index >= 15 is 4.39 Å². The van der Waals surface area contributed by atoms with Crippen LogP contribution < -0.4 is 5.32 Å². The number of halogens is 2. The van der Waals surface area contributed by atoms with E-state index in [0.29, 0.717) is 44.6 Å². The summed E-state index contributed by atoms with van der Waals surface area (Å²) in [4.78, 5) is 32.8. The summed E-state index contributed by atoms with van der Waals surface area (Å²) < 4.78 is 54.0. The third-order valence-corrected chi connectivity index (χ3v) is 7.91. The van der Waals surface area contributed by atoms with Gasteiger partial charge in [-0.05, 0) is 42.3 Å². The summed E-state index contributed by atoms with van der Waals surface area (Å²) in [5, 5.41) is 9.98. The summed E-state index contributed by atoms with van der Waals surface area (Å²) in [6.45, 7) is 3.52. The molecule has 224 valence electrons. The van der Waals surface area contributed by atoms with Crippen molar-refractivity contribution in [1.82, 2.24) is 35.1 Å². The molecule has 0 saturated carbocycles. The minimum atomic E-state index is -3.24. The van der Waals surface area contributed by atoms with E-state index in [2.05, 4.69) is 40.4 Å². The Morgan fingerprint density at radius 3 is 2.57 bits per heavy atom. The first-order valence-corrected chi connectivity index (χ1v) is 15.6. The summed E-state index contributed by atoms with van der Waals surface area (Å²) in [7, 11) is -3.24. The Balaban J connectivity index is 1.41. The molecule has 14 heteroatoms. The van der Waals surface area contributed by atoms with Gasteiger partial charge in [0, 0.05) is 35.7 Å². The van der Waals surface area contributed by atoms with Gasteiger partial charge in [-0.1, -0.05) is 13.8 Å². The molecular formula is C30H26F2N8O3S. The predicted molar refractivity (Wildman–Crippen MR) is 162 cm³/mol. The summed E-state index contributed by atoms with van der Waals surface area (Å²) in [6.07, 6.45) is 7.17. The number of aryl methyl sites for hydroxylation is 1. The molecule has 0 aliphatic heterocycles. The molecule has 5 heterocycles. The highest BCUT2D eigenvalue weighted by Crippen LogP contribution is 2.34. The van der Waals surface area contributed by atoms with Crippen LogP contribution in [0.15, 0.2) is 55.1 Å². The van der Waals surface area contributed by atoms with Gasteiger partial charge in [-0.25, -0.2) is 22.2 Å². The zero-order chi connectivity index (χ0) is 31.2. The number of pyridine rings is 3. The van der Waals surface area contributed by atoms with Gasteiger partial charge in [0.1, 0.15) is 32.6 Å². The zero-order valence-corrected chi connectivity index (χ0v) is 24.6. The molecule has 5 aromatic heterocycles. The topological polar surface area (TPSA) is 159 Å². The van der Waals surface area contributed by atoms with Crippen molar-refractivity contribution in [2.75, 3.05) is 17.3 Å². The third-order valence-electron chi connectivity index (χ3n) is 6.97. The van der Waals surface area contributed by atoms with Crippen LogP contribution in [0.25, 0.3) is 56.0 Å². The summed E-state index contributed by atoms with van der Waals surface area (Å²) in [5.41, 5.74) is 3.51. The van der Waals surface area contributed by atoms with Crippen LogP contribution in [0.3, 0.4) is 0 Å². The number of carbonyl (C=O) groups is 1. The molecule has 0 unspecified atom stereocenters. The van der Waals surface area contributed by atoms with Gasteiger partial charge in [-0.2, -0.15) is 5.10 Å². The molecule has 11 nitrogen and oxygen atoms in total. The normalized spacial score (nSPS) is 12.0. The second-order valence-corrected chi connectivity index (χ2v) is 13.0. The Bertz CT molecular complexity index is 2180. The number of aromatic amines is 2. The lowest BCUT2D eigenvalue weighted by molar-refractivity contribution is -0.118. The number of rotatable bonds is 8. The van der Waals surface area contributed by atoms with Crippen molar-refractivity contribution in [2.45, 2.75) is 20.3 Å². The Labute approximate surface area is 250 Å². The maximum Gasteiger partial charge on any atom is 0.226 e. The number of imidazole rings is 1. The van der Waals surface area contributed by atoms with Gasteiger partial charge in [0.15, 0.2) is 11.6 Å².